The number of carboxylic acid groups (broad SMARTS) is 1. The molecule has 4 rings (SSSR count). The number of halogens is 2. The Morgan fingerprint density at radius 1 is 1.18 bits per heavy atom. The van der Waals surface area contributed by atoms with Crippen LogP contribution in [-0.4, -0.2) is 60.3 Å². The van der Waals surface area contributed by atoms with Crippen molar-refractivity contribution in [2.75, 3.05) is 43.5 Å². The van der Waals surface area contributed by atoms with Crippen molar-refractivity contribution >= 4 is 63.2 Å². The van der Waals surface area contributed by atoms with Crippen molar-refractivity contribution in [1.29, 1.82) is 0 Å². The monoisotopic (exact) mass is 489 g/mol. The minimum Gasteiger partial charge on any atom is -0.495 e. The number of amides is 2. The van der Waals surface area contributed by atoms with Gasteiger partial charge in [-0.05, 0) is 18.2 Å². The predicted octanol–water partition coefficient (Wildman–Crippen LogP) is 4.19. The van der Waals surface area contributed by atoms with E-state index in [9.17, 15) is 14.7 Å². The maximum absolute atomic E-state index is 12.2. The first-order valence-electron chi connectivity index (χ1n) is 10.0. The summed E-state index contributed by atoms with van der Waals surface area (Å²) in [5.74, 6) is -0.0742. The number of rotatable bonds is 5. The number of hydrogen-bond donors (Lipinski definition) is 3. The number of fused-ring (bicyclic) bond motifs is 1. The highest BCUT2D eigenvalue weighted by atomic mass is 35.5. The maximum atomic E-state index is 12.2. The number of nitrogens with two attached hydrogens (primary N) is 1. The van der Waals surface area contributed by atoms with Gasteiger partial charge in [-0.15, -0.1) is 0 Å². The molecule has 1 aromatic heterocycles. The minimum atomic E-state index is -0.944. The molecule has 11 heteroatoms. The summed E-state index contributed by atoms with van der Waals surface area (Å²) in [5, 5.41) is 13.7. The summed E-state index contributed by atoms with van der Waals surface area (Å²) in [4.78, 5) is 31.3. The summed E-state index contributed by atoms with van der Waals surface area (Å²) in [6.45, 7) is 1.69. The van der Waals surface area contributed by atoms with E-state index < -0.39 is 12.0 Å². The lowest BCUT2D eigenvalue weighted by Crippen LogP contribution is -2.48. The largest absolute Gasteiger partial charge is 0.495 e. The van der Waals surface area contributed by atoms with Gasteiger partial charge < -0.3 is 30.7 Å². The zero-order valence-corrected chi connectivity index (χ0v) is 19.2. The maximum Gasteiger partial charge on any atom is 0.407 e. The molecule has 0 spiro atoms. The van der Waals surface area contributed by atoms with Gasteiger partial charge in [-0.3, -0.25) is 9.78 Å². The van der Waals surface area contributed by atoms with Crippen LogP contribution >= 0.6 is 23.2 Å². The SMILES string of the molecule is COc1cc2ncc(C(N)=O)c(Nc3cccc(Cl)c3Cl)c2cc1N1CCN(C(=O)O)CC1. The number of pyridine rings is 1. The number of ether oxygens (including phenoxy) is 1. The fourth-order valence-corrected chi connectivity index (χ4v) is 4.16. The van der Waals surface area contributed by atoms with Crippen LogP contribution in [0.1, 0.15) is 10.4 Å². The topological polar surface area (TPSA) is 121 Å². The molecule has 3 aromatic rings. The number of hydrogen-bond acceptors (Lipinski definition) is 6. The molecule has 1 fully saturated rings. The van der Waals surface area contributed by atoms with Crippen LogP contribution in [0.25, 0.3) is 10.9 Å². The number of nitrogens with one attached hydrogen (secondary N) is 1. The highest BCUT2D eigenvalue weighted by Gasteiger charge is 2.24. The van der Waals surface area contributed by atoms with Crippen LogP contribution in [0, 0.1) is 0 Å². The van der Waals surface area contributed by atoms with Gasteiger partial charge in [-0.2, -0.15) is 0 Å². The lowest BCUT2D eigenvalue weighted by atomic mass is 10.1. The molecule has 2 amide bonds. The van der Waals surface area contributed by atoms with E-state index in [0.29, 0.717) is 64.3 Å². The Bertz CT molecular complexity index is 1250. The molecule has 4 N–H and O–H groups in total. The van der Waals surface area contributed by atoms with Crippen LogP contribution in [-0.2, 0) is 0 Å². The van der Waals surface area contributed by atoms with Crippen molar-refractivity contribution in [3.8, 4) is 5.75 Å². The average Bonchev–Trinajstić information content (AvgIpc) is 2.81. The average molecular weight is 490 g/mol. The molecule has 0 aliphatic carbocycles. The van der Waals surface area contributed by atoms with Crippen molar-refractivity contribution < 1.29 is 19.4 Å². The third-order valence-electron chi connectivity index (χ3n) is 5.54. The van der Waals surface area contributed by atoms with Crippen LogP contribution in [0.2, 0.25) is 10.0 Å². The van der Waals surface area contributed by atoms with Crippen LogP contribution in [0.15, 0.2) is 36.5 Å². The molecule has 33 heavy (non-hydrogen) atoms. The van der Waals surface area contributed by atoms with Crippen molar-refractivity contribution in [1.82, 2.24) is 9.88 Å². The van der Waals surface area contributed by atoms with Gasteiger partial charge in [0.05, 0.1) is 45.3 Å². The van der Waals surface area contributed by atoms with E-state index in [1.165, 1.54) is 11.1 Å². The fraction of sp³-hybridized carbons (Fsp3) is 0.227. The second-order valence-corrected chi connectivity index (χ2v) is 8.22. The second kappa shape index (κ2) is 9.21. The number of methoxy groups -OCH3 is 1. The Morgan fingerprint density at radius 2 is 1.91 bits per heavy atom. The summed E-state index contributed by atoms with van der Waals surface area (Å²) in [6, 6.07) is 8.75. The molecule has 1 aliphatic heterocycles. The zero-order chi connectivity index (χ0) is 23.7. The van der Waals surface area contributed by atoms with Gasteiger partial charge in [0.1, 0.15) is 5.75 Å². The minimum absolute atomic E-state index is 0.186. The molecule has 0 saturated carbocycles. The predicted molar refractivity (Wildman–Crippen MR) is 128 cm³/mol. The Balaban J connectivity index is 1.84. The van der Waals surface area contributed by atoms with E-state index in [-0.39, 0.29) is 5.56 Å². The van der Waals surface area contributed by atoms with E-state index in [1.807, 2.05) is 11.0 Å². The number of aromatic nitrogens is 1. The highest BCUT2D eigenvalue weighted by Crippen LogP contribution is 2.39. The van der Waals surface area contributed by atoms with Crippen LogP contribution in [0.4, 0.5) is 21.9 Å². The molecule has 1 aliphatic rings. The van der Waals surface area contributed by atoms with Gasteiger partial charge in [-0.25, -0.2) is 4.79 Å². The zero-order valence-electron chi connectivity index (χ0n) is 17.6. The van der Waals surface area contributed by atoms with Gasteiger partial charge in [-0.1, -0.05) is 29.3 Å². The number of piperazine rings is 1. The second-order valence-electron chi connectivity index (χ2n) is 7.44. The first-order chi connectivity index (χ1) is 15.8. The number of primary amides is 1. The van der Waals surface area contributed by atoms with E-state index >= 15 is 0 Å². The Labute approximate surface area is 199 Å². The molecule has 2 heterocycles. The van der Waals surface area contributed by atoms with E-state index in [2.05, 4.69) is 10.3 Å². The Kier molecular flexibility index (Phi) is 6.35. The van der Waals surface area contributed by atoms with Gasteiger partial charge in [0.2, 0.25) is 0 Å². The van der Waals surface area contributed by atoms with Crippen molar-refractivity contribution in [2.45, 2.75) is 0 Å². The third-order valence-corrected chi connectivity index (χ3v) is 6.36. The summed E-state index contributed by atoms with van der Waals surface area (Å²) >= 11 is 12.5. The van der Waals surface area contributed by atoms with Crippen LogP contribution < -0.4 is 20.7 Å². The molecular weight excluding hydrogens is 469 g/mol. The van der Waals surface area contributed by atoms with Gasteiger partial charge >= 0.3 is 6.09 Å². The normalized spacial score (nSPS) is 13.8. The number of nitrogens with zero attached hydrogens (tertiary/aromatic N) is 3. The Hall–Kier alpha value is -3.43. The van der Waals surface area contributed by atoms with Crippen molar-refractivity contribution in [3.63, 3.8) is 0 Å². The molecule has 1 saturated heterocycles. The molecule has 172 valence electrons. The third kappa shape index (κ3) is 4.42. The summed E-state index contributed by atoms with van der Waals surface area (Å²) in [5.41, 5.74) is 8.08. The van der Waals surface area contributed by atoms with E-state index in [1.54, 1.807) is 31.4 Å². The quantitative estimate of drug-likeness (QED) is 0.490. The van der Waals surface area contributed by atoms with Gasteiger partial charge in [0, 0.05) is 43.8 Å². The smallest absolute Gasteiger partial charge is 0.407 e. The molecule has 9 nitrogen and oxygen atoms in total. The van der Waals surface area contributed by atoms with E-state index in [4.69, 9.17) is 33.7 Å². The first kappa shape index (κ1) is 22.8. The lowest BCUT2D eigenvalue weighted by Gasteiger charge is -2.35. The summed E-state index contributed by atoms with van der Waals surface area (Å²) in [7, 11) is 1.56. The molecule has 0 bridgehead atoms. The Morgan fingerprint density at radius 3 is 2.55 bits per heavy atom. The number of carbonyl (C=O) groups is 2. The van der Waals surface area contributed by atoms with Crippen LogP contribution in [0.5, 0.6) is 5.75 Å². The van der Waals surface area contributed by atoms with Crippen molar-refractivity contribution in [2.24, 2.45) is 5.73 Å². The molecule has 0 unspecified atom stereocenters. The number of benzene rings is 2. The number of carbonyl (C=O) groups excluding carboxylic acids is 1. The summed E-state index contributed by atoms with van der Waals surface area (Å²) in [6.07, 6.45) is 0.455. The molecule has 0 atom stereocenters. The lowest BCUT2D eigenvalue weighted by molar-refractivity contribution is 0.100. The standard InChI is InChI=1S/C22H21Cl2N5O4/c1-33-18-10-16-12(9-17(18)28-5-7-29(8-6-28)22(31)32)20(13(11-26-16)21(25)30)27-15-4-2-3-14(23)19(15)24/h2-4,9-11H,5-8H2,1H3,(H2,25,30)(H,26,27)(H,31,32). The van der Waals surface area contributed by atoms with Gasteiger partial charge in [0.25, 0.3) is 5.91 Å². The molecule has 2 aromatic carbocycles. The fourth-order valence-electron chi connectivity index (χ4n) is 3.81. The summed E-state index contributed by atoms with van der Waals surface area (Å²) < 4.78 is 5.59. The molecule has 0 radical (unpaired) electrons. The number of anilines is 3. The van der Waals surface area contributed by atoms with Crippen molar-refractivity contribution in [3.05, 3.63) is 52.1 Å². The van der Waals surface area contributed by atoms with Gasteiger partial charge in [0.15, 0.2) is 0 Å². The first-order valence-corrected chi connectivity index (χ1v) is 10.8. The molecular formula is C22H21Cl2N5O4. The highest BCUT2D eigenvalue weighted by molar-refractivity contribution is 6.43. The van der Waals surface area contributed by atoms with Crippen LogP contribution in [0.3, 0.4) is 0 Å². The van der Waals surface area contributed by atoms with E-state index in [0.717, 1.165) is 5.69 Å².